The van der Waals surface area contributed by atoms with Crippen LogP contribution in [-0.2, 0) is 4.79 Å². The van der Waals surface area contributed by atoms with Crippen LogP contribution in [0.1, 0.15) is 18.0 Å². The molecule has 1 fully saturated rings. The van der Waals surface area contributed by atoms with Crippen LogP contribution in [0.3, 0.4) is 0 Å². The van der Waals surface area contributed by atoms with Gasteiger partial charge in [-0.25, -0.2) is 5.01 Å². The lowest BCUT2D eigenvalue weighted by molar-refractivity contribution is -0.136. The number of amides is 1. The van der Waals surface area contributed by atoms with Crippen molar-refractivity contribution in [2.24, 2.45) is 5.73 Å². The van der Waals surface area contributed by atoms with E-state index in [0.29, 0.717) is 19.5 Å². The summed E-state index contributed by atoms with van der Waals surface area (Å²) in [7, 11) is 3.56. The van der Waals surface area contributed by atoms with Crippen molar-refractivity contribution >= 4 is 5.91 Å². The molecular formula is C13H19N3O2. The molecule has 1 aromatic carbocycles. The predicted octanol–water partition coefficient (Wildman–Crippen LogP) is 0.774. The molecule has 5 heteroatoms. The van der Waals surface area contributed by atoms with Gasteiger partial charge in [-0.05, 0) is 6.07 Å². The molecule has 1 saturated heterocycles. The number of nitrogens with two attached hydrogens (primary N) is 1. The highest BCUT2D eigenvalue weighted by Gasteiger charge is 2.36. The monoisotopic (exact) mass is 249 g/mol. The number of hydrogen-bond donors (Lipinski definition) is 1. The molecule has 2 rings (SSSR count). The number of benzene rings is 1. The molecule has 0 aromatic heterocycles. The quantitative estimate of drug-likeness (QED) is 0.856. The van der Waals surface area contributed by atoms with Crippen molar-refractivity contribution in [3.05, 3.63) is 29.8 Å². The molecule has 2 N–H and O–H groups in total. The maximum absolute atomic E-state index is 11.9. The van der Waals surface area contributed by atoms with Gasteiger partial charge in [0.1, 0.15) is 5.75 Å². The van der Waals surface area contributed by atoms with E-state index in [9.17, 15) is 4.79 Å². The van der Waals surface area contributed by atoms with Crippen LogP contribution in [-0.4, -0.2) is 43.2 Å². The minimum atomic E-state index is 0.0280. The molecule has 0 spiro atoms. The molecule has 1 unspecified atom stereocenters. The Morgan fingerprint density at radius 2 is 2.17 bits per heavy atom. The van der Waals surface area contributed by atoms with Crippen LogP contribution in [0, 0.1) is 0 Å². The van der Waals surface area contributed by atoms with Crippen molar-refractivity contribution in [3.8, 4) is 5.75 Å². The largest absolute Gasteiger partial charge is 0.496 e. The first-order chi connectivity index (χ1) is 8.69. The Morgan fingerprint density at radius 1 is 1.44 bits per heavy atom. The first kappa shape index (κ1) is 12.9. The van der Waals surface area contributed by atoms with Gasteiger partial charge in [-0.15, -0.1) is 0 Å². The van der Waals surface area contributed by atoms with Crippen LogP contribution in [0.4, 0.5) is 0 Å². The lowest BCUT2D eigenvalue weighted by atomic mass is 10.0. The third-order valence-corrected chi connectivity index (χ3v) is 3.33. The summed E-state index contributed by atoms with van der Waals surface area (Å²) >= 11 is 0. The minimum Gasteiger partial charge on any atom is -0.496 e. The Hall–Kier alpha value is -1.59. The molecule has 18 heavy (non-hydrogen) atoms. The fraction of sp³-hybridized carbons (Fsp3) is 0.462. The summed E-state index contributed by atoms with van der Waals surface area (Å²) in [6.07, 6.45) is 0.469. The zero-order chi connectivity index (χ0) is 13.1. The standard InChI is InChI=1S/C13H19N3O2/c1-15-11(9-13(17)16(15)8-7-14)10-5-3-4-6-12(10)18-2/h3-6,11H,7-9,14H2,1-2H3. The van der Waals surface area contributed by atoms with E-state index in [0.717, 1.165) is 11.3 Å². The average molecular weight is 249 g/mol. The first-order valence-corrected chi connectivity index (χ1v) is 6.05. The van der Waals surface area contributed by atoms with E-state index in [1.807, 2.05) is 36.3 Å². The van der Waals surface area contributed by atoms with E-state index < -0.39 is 0 Å². The number of para-hydroxylation sites is 1. The lowest BCUT2D eigenvalue weighted by Gasteiger charge is -2.28. The maximum atomic E-state index is 11.9. The Balaban J connectivity index is 2.27. The summed E-state index contributed by atoms with van der Waals surface area (Å²) in [5.74, 6) is 0.926. The van der Waals surface area contributed by atoms with E-state index in [-0.39, 0.29) is 11.9 Å². The van der Waals surface area contributed by atoms with Gasteiger partial charge in [-0.2, -0.15) is 0 Å². The van der Waals surface area contributed by atoms with Crippen molar-refractivity contribution in [1.29, 1.82) is 0 Å². The molecule has 1 aliphatic heterocycles. The molecule has 1 aromatic rings. The Morgan fingerprint density at radius 3 is 2.83 bits per heavy atom. The summed E-state index contributed by atoms with van der Waals surface area (Å²) in [6, 6.07) is 7.83. The van der Waals surface area contributed by atoms with Crippen LogP contribution in [0.15, 0.2) is 24.3 Å². The molecule has 1 atom stereocenters. The fourth-order valence-electron chi connectivity index (χ4n) is 2.40. The Bertz CT molecular complexity index is 436. The highest BCUT2D eigenvalue weighted by atomic mass is 16.5. The second kappa shape index (κ2) is 5.37. The van der Waals surface area contributed by atoms with Gasteiger partial charge in [-0.3, -0.25) is 9.80 Å². The van der Waals surface area contributed by atoms with Crippen molar-refractivity contribution < 1.29 is 9.53 Å². The summed E-state index contributed by atoms with van der Waals surface area (Å²) in [5, 5.41) is 3.66. The van der Waals surface area contributed by atoms with Crippen molar-refractivity contribution in [1.82, 2.24) is 10.0 Å². The normalized spacial score (nSPS) is 20.5. The van der Waals surface area contributed by atoms with E-state index >= 15 is 0 Å². The topological polar surface area (TPSA) is 58.8 Å². The number of ether oxygens (including phenoxy) is 1. The second-order valence-corrected chi connectivity index (χ2v) is 4.34. The van der Waals surface area contributed by atoms with Gasteiger partial charge in [0.2, 0.25) is 5.91 Å². The average Bonchev–Trinajstić information content (AvgIpc) is 2.67. The van der Waals surface area contributed by atoms with Gasteiger partial charge in [0.25, 0.3) is 0 Å². The summed E-state index contributed by atoms with van der Waals surface area (Å²) in [6.45, 7) is 1.02. The van der Waals surface area contributed by atoms with Gasteiger partial charge in [0.15, 0.2) is 0 Å². The van der Waals surface area contributed by atoms with E-state index in [1.165, 1.54) is 0 Å². The van der Waals surface area contributed by atoms with Crippen LogP contribution >= 0.6 is 0 Å². The maximum Gasteiger partial charge on any atom is 0.238 e. The van der Waals surface area contributed by atoms with Gasteiger partial charge in [-0.1, -0.05) is 18.2 Å². The summed E-state index contributed by atoms with van der Waals surface area (Å²) < 4.78 is 5.36. The zero-order valence-corrected chi connectivity index (χ0v) is 10.8. The SMILES string of the molecule is COc1ccccc1C1CC(=O)N(CCN)N1C. The molecule has 1 amide bonds. The van der Waals surface area contributed by atoms with Crippen LogP contribution in [0.5, 0.6) is 5.75 Å². The molecule has 0 saturated carbocycles. The molecule has 1 aliphatic rings. The van der Waals surface area contributed by atoms with E-state index in [4.69, 9.17) is 10.5 Å². The van der Waals surface area contributed by atoms with Gasteiger partial charge in [0.05, 0.1) is 13.2 Å². The third-order valence-electron chi connectivity index (χ3n) is 3.33. The van der Waals surface area contributed by atoms with E-state index in [1.54, 1.807) is 12.1 Å². The summed E-state index contributed by atoms with van der Waals surface area (Å²) in [5.41, 5.74) is 6.57. The van der Waals surface area contributed by atoms with Gasteiger partial charge in [0, 0.05) is 32.1 Å². The molecule has 0 aliphatic carbocycles. The lowest BCUT2D eigenvalue weighted by Crippen LogP contribution is -2.40. The predicted molar refractivity (Wildman–Crippen MR) is 68.9 cm³/mol. The van der Waals surface area contributed by atoms with Crippen molar-refractivity contribution in [2.75, 3.05) is 27.2 Å². The Labute approximate surface area is 107 Å². The number of carbonyl (C=O) groups is 1. The smallest absolute Gasteiger partial charge is 0.238 e. The number of nitrogens with zero attached hydrogens (tertiary/aromatic N) is 2. The molecule has 5 nitrogen and oxygen atoms in total. The number of hydrazine groups is 1. The fourth-order valence-corrected chi connectivity index (χ4v) is 2.40. The highest BCUT2D eigenvalue weighted by molar-refractivity contribution is 5.78. The number of hydrogen-bond acceptors (Lipinski definition) is 4. The minimum absolute atomic E-state index is 0.0280. The molecule has 1 heterocycles. The molecule has 0 radical (unpaired) electrons. The third kappa shape index (κ3) is 2.19. The Kier molecular flexibility index (Phi) is 3.84. The van der Waals surface area contributed by atoms with Crippen molar-refractivity contribution in [2.45, 2.75) is 12.5 Å². The number of carbonyl (C=O) groups excluding carboxylic acids is 1. The van der Waals surface area contributed by atoms with Gasteiger partial charge >= 0.3 is 0 Å². The zero-order valence-electron chi connectivity index (χ0n) is 10.8. The molecular weight excluding hydrogens is 230 g/mol. The van der Waals surface area contributed by atoms with Gasteiger partial charge < -0.3 is 10.5 Å². The highest BCUT2D eigenvalue weighted by Crippen LogP contribution is 2.36. The number of rotatable bonds is 4. The van der Waals surface area contributed by atoms with Crippen LogP contribution < -0.4 is 10.5 Å². The first-order valence-electron chi connectivity index (χ1n) is 6.05. The second-order valence-electron chi connectivity index (χ2n) is 4.34. The van der Waals surface area contributed by atoms with Crippen LogP contribution in [0.25, 0.3) is 0 Å². The summed E-state index contributed by atoms with van der Waals surface area (Å²) in [4.78, 5) is 11.9. The molecule has 98 valence electrons. The van der Waals surface area contributed by atoms with E-state index in [2.05, 4.69) is 0 Å². The number of methoxy groups -OCH3 is 1. The molecule has 0 bridgehead atoms. The van der Waals surface area contributed by atoms with Crippen molar-refractivity contribution in [3.63, 3.8) is 0 Å². The van der Waals surface area contributed by atoms with Crippen LogP contribution in [0.2, 0.25) is 0 Å².